The summed E-state index contributed by atoms with van der Waals surface area (Å²) in [5, 5.41) is 0. The molecule has 0 amide bonds. The van der Waals surface area contributed by atoms with Crippen molar-refractivity contribution in [1.82, 2.24) is 0 Å². The molecule has 0 heterocycles. The Labute approximate surface area is 66.6 Å². The zero-order valence-corrected chi connectivity index (χ0v) is 7.06. The minimum absolute atomic E-state index is 0.118. The average Bonchev–Trinajstić information content (AvgIpc) is 1.97. The van der Waals surface area contributed by atoms with Gasteiger partial charge < -0.3 is 4.74 Å². The van der Waals surface area contributed by atoms with Crippen LogP contribution in [0.3, 0.4) is 0 Å². The third-order valence-electron chi connectivity index (χ3n) is 0.859. The molecule has 0 aromatic carbocycles. The van der Waals surface area contributed by atoms with Crippen LogP contribution >= 0.6 is 0 Å². The highest BCUT2D eigenvalue weighted by molar-refractivity contribution is 7.86. The number of methoxy groups -OCH3 is 1. The monoisotopic (exact) mass is 178 g/mol. The normalized spacial score (nSPS) is 10.9. The summed E-state index contributed by atoms with van der Waals surface area (Å²) in [6.45, 7) is -0.0983. The van der Waals surface area contributed by atoms with Crippen molar-refractivity contribution in [2.45, 2.75) is 0 Å². The Morgan fingerprint density at radius 1 is 1.55 bits per heavy atom. The van der Waals surface area contributed by atoms with Gasteiger partial charge in [-0.3, -0.25) is 4.18 Å². The summed E-state index contributed by atoms with van der Waals surface area (Å²) in [5.41, 5.74) is 0. The van der Waals surface area contributed by atoms with Gasteiger partial charge in [0, 0.05) is 7.11 Å². The third kappa shape index (κ3) is 5.85. The van der Waals surface area contributed by atoms with Crippen LogP contribution in [-0.4, -0.2) is 34.5 Å². The summed E-state index contributed by atoms with van der Waals surface area (Å²) < 4.78 is 30.4. The van der Waals surface area contributed by atoms with E-state index in [0.717, 1.165) is 0 Å². The molecule has 0 bridgehead atoms. The van der Waals surface area contributed by atoms with Gasteiger partial charge in [-0.05, 0) is 0 Å². The SMILES string of the molecule is C#CCOS(=O)(=O)CCOC. The van der Waals surface area contributed by atoms with E-state index in [1.165, 1.54) is 7.11 Å². The highest BCUT2D eigenvalue weighted by Crippen LogP contribution is 1.91. The van der Waals surface area contributed by atoms with Crippen molar-refractivity contribution in [3.05, 3.63) is 0 Å². The summed E-state index contributed by atoms with van der Waals surface area (Å²) in [5.74, 6) is 1.90. The molecule has 0 rings (SSSR count). The fraction of sp³-hybridized carbons (Fsp3) is 0.667. The predicted octanol–water partition coefficient (Wildman–Crippen LogP) is -0.388. The van der Waals surface area contributed by atoms with Crippen molar-refractivity contribution in [3.63, 3.8) is 0 Å². The van der Waals surface area contributed by atoms with Crippen LogP contribution in [-0.2, 0) is 19.0 Å². The molecule has 0 atom stereocenters. The van der Waals surface area contributed by atoms with Gasteiger partial charge in [0.05, 0.1) is 12.4 Å². The molecule has 0 fully saturated rings. The van der Waals surface area contributed by atoms with Gasteiger partial charge in [-0.1, -0.05) is 5.92 Å². The van der Waals surface area contributed by atoms with E-state index in [4.69, 9.17) is 6.42 Å². The Morgan fingerprint density at radius 2 is 2.18 bits per heavy atom. The van der Waals surface area contributed by atoms with E-state index in [1.54, 1.807) is 0 Å². The van der Waals surface area contributed by atoms with Gasteiger partial charge in [0.2, 0.25) is 0 Å². The third-order valence-corrected chi connectivity index (χ3v) is 2.00. The Kier molecular flexibility index (Phi) is 4.86. The molecular weight excluding hydrogens is 168 g/mol. The summed E-state index contributed by atoms with van der Waals surface area (Å²) in [7, 11) is -2.06. The second-order valence-corrected chi connectivity index (χ2v) is 3.48. The summed E-state index contributed by atoms with van der Waals surface area (Å²) in [6.07, 6.45) is 4.79. The zero-order valence-electron chi connectivity index (χ0n) is 6.24. The Hall–Kier alpha value is -0.570. The van der Waals surface area contributed by atoms with E-state index in [9.17, 15) is 8.42 Å². The maximum Gasteiger partial charge on any atom is 0.270 e. The molecular formula is C6H10O4S. The van der Waals surface area contributed by atoms with Gasteiger partial charge >= 0.3 is 0 Å². The van der Waals surface area contributed by atoms with E-state index < -0.39 is 10.1 Å². The Balaban J connectivity index is 3.74. The standard InChI is InChI=1S/C6H10O4S/c1-3-4-10-11(7,8)6-5-9-2/h1H,4-6H2,2H3. The minimum atomic E-state index is -3.47. The molecule has 0 aromatic rings. The lowest BCUT2D eigenvalue weighted by Crippen LogP contribution is -2.14. The summed E-state index contributed by atoms with van der Waals surface area (Å²) >= 11 is 0. The Morgan fingerprint density at radius 3 is 2.64 bits per heavy atom. The van der Waals surface area contributed by atoms with Crippen LogP contribution < -0.4 is 0 Å². The molecule has 0 unspecified atom stereocenters. The highest BCUT2D eigenvalue weighted by atomic mass is 32.2. The van der Waals surface area contributed by atoms with E-state index in [0.29, 0.717) is 0 Å². The molecule has 4 nitrogen and oxygen atoms in total. The molecule has 0 radical (unpaired) electrons. The number of ether oxygens (including phenoxy) is 1. The lowest BCUT2D eigenvalue weighted by atomic mass is 10.8. The van der Waals surface area contributed by atoms with Crippen molar-refractivity contribution < 1.29 is 17.3 Å². The first-order chi connectivity index (χ1) is 5.12. The maximum absolute atomic E-state index is 10.8. The summed E-state index contributed by atoms with van der Waals surface area (Å²) in [6, 6.07) is 0. The van der Waals surface area contributed by atoms with Gasteiger partial charge in [-0.25, -0.2) is 0 Å². The van der Waals surface area contributed by atoms with Crippen molar-refractivity contribution in [1.29, 1.82) is 0 Å². The topological polar surface area (TPSA) is 52.6 Å². The second kappa shape index (κ2) is 5.13. The molecule has 0 aromatic heterocycles. The maximum atomic E-state index is 10.8. The first-order valence-corrected chi connectivity index (χ1v) is 4.49. The number of hydrogen-bond donors (Lipinski definition) is 0. The van der Waals surface area contributed by atoms with Crippen LogP contribution in [0.25, 0.3) is 0 Å². The first kappa shape index (κ1) is 10.4. The van der Waals surface area contributed by atoms with Crippen molar-refractivity contribution in [3.8, 4) is 12.3 Å². The van der Waals surface area contributed by atoms with Crippen LogP contribution in [0.15, 0.2) is 0 Å². The minimum Gasteiger partial charge on any atom is -0.384 e. The smallest absolute Gasteiger partial charge is 0.270 e. The Bertz CT molecular complexity index is 223. The first-order valence-electron chi connectivity index (χ1n) is 2.92. The molecule has 0 aliphatic carbocycles. The van der Waals surface area contributed by atoms with E-state index in [1.807, 2.05) is 0 Å². The number of terminal acetylenes is 1. The predicted molar refractivity (Wildman–Crippen MR) is 40.4 cm³/mol. The van der Waals surface area contributed by atoms with Crippen LogP contribution in [0.2, 0.25) is 0 Å². The van der Waals surface area contributed by atoms with Crippen LogP contribution in [0.4, 0.5) is 0 Å². The van der Waals surface area contributed by atoms with Crippen LogP contribution in [0, 0.1) is 12.3 Å². The quantitative estimate of drug-likeness (QED) is 0.425. The molecule has 0 saturated carbocycles. The van der Waals surface area contributed by atoms with Gasteiger partial charge in [-0.2, -0.15) is 8.42 Å². The molecule has 0 aliphatic heterocycles. The molecule has 0 N–H and O–H groups in total. The average molecular weight is 178 g/mol. The summed E-state index contributed by atoms with van der Waals surface area (Å²) in [4.78, 5) is 0. The van der Waals surface area contributed by atoms with Crippen LogP contribution in [0.5, 0.6) is 0 Å². The fourth-order valence-corrected chi connectivity index (χ4v) is 1.10. The van der Waals surface area contributed by atoms with Crippen molar-refractivity contribution in [2.75, 3.05) is 26.1 Å². The molecule has 0 aliphatic rings. The van der Waals surface area contributed by atoms with E-state index in [2.05, 4.69) is 14.8 Å². The molecule has 11 heavy (non-hydrogen) atoms. The molecule has 5 heteroatoms. The highest BCUT2D eigenvalue weighted by Gasteiger charge is 2.08. The van der Waals surface area contributed by atoms with Gasteiger partial charge in [0.15, 0.2) is 0 Å². The van der Waals surface area contributed by atoms with Gasteiger partial charge in [0.25, 0.3) is 10.1 Å². The molecule has 0 spiro atoms. The van der Waals surface area contributed by atoms with Crippen molar-refractivity contribution >= 4 is 10.1 Å². The lowest BCUT2D eigenvalue weighted by Gasteiger charge is -2.00. The molecule has 0 saturated heterocycles. The second-order valence-electron chi connectivity index (χ2n) is 1.72. The van der Waals surface area contributed by atoms with Crippen molar-refractivity contribution in [2.24, 2.45) is 0 Å². The van der Waals surface area contributed by atoms with Gasteiger partial charge in [0.1, 0.15) is 6.61 Å². The fourth-order valence-electron chi connectivity index (χ4n) is 0.368. The number of hydrogen-bond acceptors (Lipinski definition) is 4. The van der Waals surface area contributed by atoms with E-state index in [-0.39, 0.29) is 19.0 Å². The molecule has 64 valence electrons. The number of rotatable bonds is 5. The zero-order chi connectivity index (χ0) is 8.74. The van der Waals surface area contributed by atoms with E-state index >= 15 is 0 Å². The lowest BCUT2D eigenvalue weighted by molar-refractivity contribution is 0.213. The van der Waals surface area contributed by atoms with Gasteiger partial charge in [-0.15, -0.1) is 6.42 Å². The van der Waals surface area contributed by atoms with Crippen LogP contribution in [0.1, 0.15) is 0 Å². The largest absolute Gasteiger partial charge is 0.384 e.